The molecule has 0 amide bonds. The summed E-state index contributed by atoms with van der Waals surface area (Å²) in [5, 5.41) is 0.559. The Balaban J connectivity index is 2.19. The van der Waals surface area contributed by atoms with Gasteiger partial charge in [0.1, 0.15) is 4.75 Å². The molecule has 3 rings (SSSR count). The molecule has 0 bridgehead atoms. The van der Waals surface area contributed by atoms with E-state index in [4.69, 9.17) is 4.74 Å². The number of benzene rings is 1. The number of ether oxygens (including phenoxy) is 1. The molecule has 1 heterocycles. The van der Waals surface area contributed by atoms with E-state index < -0.39 is 20.7 Å². The van der Waals surface area contributed by atoms with Gasteiger partial charge in [-0.15, -0.1) is 0 Å². The Labute approximate surface area is 141 Å². The number of allylic oxidation sites excluding steroid dienone is 3. The second kappa shape index (κ2) is 5.63. The first-order valence-corrected chi connectivity index (χ1v) is 9.03. The van der Waals surface area contributed by atoms with Crippen molar-refractivity contribution >= 4 is 26.9 Å². The van der Waals surface area contributed by atoms with Crippen molar-refractivity contribution in [3.8, 4) is 0 Å². The molecule has 126 valence electrons. The Morgan fingerprint density at radius 2 is 2.04 bits per heavy atom. The Hall–Kier alpha value is -2.34. The largest absolute Gasteiger partial charge is 0.465 e. The van der Waals surface area contributed by atoms with E-state index in [0.29, 0.717) is 22.9 Å². The van der Waals surface area contributed by atoms with E-state index >= 15 is 0 Å². The first-order chi connectivity index (χ1) is 11.3. The van der Waals surface area contributed by atoms with E-state index in [1.807, 2.05) is 13.0 Å². The minimum atomic E-state index is -3.69. The maximum Gasteiger partial charge on any atom is 0.338 e. The molecule has 1 aliphatic carbocycles. The lowest BCUT2D eigenvalue weighted by molar-refractivity contribution is 0.0603. The van der Waals surface area contributed by atoms with Crippen molar-refractivity contribution in [1.82, 2.24) is 3.97 Å². The molecular formula is C18H19NO4S. The second-order valence-electron chi connectivity index (χ2n) is 6.21. The predicted molar refractivity (Wildman–Crippen MR) is 93.5 cm³/mol. The molecule has 0 N–H and O–H groups in total. The highest BCUT2D eigenvalue weighted by Crippen LogP contribution is 2.34. The van der Waals surface area contributed by atoms with Crippen LogP contribution in [-0.2, 0) is 14.8 Å². The quantitative estimate of drug-likeness (QED) is 0.801. The third-order valence-electron chi connectivity index (χ3n) is 4.41. The standard InChI is InChI=1S/C18H19NO4S/c1-13-6-5-10-18(2,12-13)24(21,22)19-11-9-14-15(17(20)23-3)7-4-8-16(14)19/h4-11H,12H2,1-3H3. The molecule has 0 radical (unpaired) electrons. The molecule has 1 atom stereocenters. The van der Waals surface area contributed by atoms with Gasteiger partial charge in [-0.05, 0) is 38.5 Å². The molecule has 0 fully saturated rings. The number of carbonyl (C=O) groups excluding carboxylic acids is 1. The summed E-state index contributed by atoms with van der Waals surface area (Å²) in [6, 6.07) is 6.61. The van der Waals surface area contributed by atoms with E-state index in [1.54, 1.807) is 43.3 Å². The molecule has 0 aliphatic heterocycles. The van der Waals surface area contributed by atoms with Crippen molar-refractivity contribution in [2.24, 2.45) is 0 Å². The van der Waals surface area contributed by atoms with E-state index in [2.05, 4.69) is 0 Å². The zero-order valence-electron chi connectivity index (χ0n) is 13.8. The third-order valence-corrected chi connectivity index (χ3v) is 6.71. The van der Waals surface area contributed by atoms with Gasteiger partial charge in [0.15, 0.2) is 0 Å². The van der Waals surface area contributed by atoms with Gasteiger partial charge in [-0.25, -0.2) is 17.2 Å². The smallest absolute Gasteiger partial charge is 0.338 e. The number of hydrogen-bond acceptors (Lipinski definition) is 4. The Bertz CT molecular complexity index is 982. The average Bonchev–Trinajstić information content (AvgIpc) is 2.98. The van der Waals surface area contributed by atoms with Crippen LogP contribution >= 0.6 is 0 Å². The van der Waals surface area contributed by atoms with Crippen LogP contribution in [-0.4, -0.2) is 30.2 Å². The van der Waals surface area contributed by atoms with Gasteiger partial charge >= 0.3 is 5.97 Å². The molecule has 6 heteroatoms. The molecule has 0 spiro atoms. The van der Waals surface area contributed by atoms with E-state index in [0.717, 1.165) is 5.57 Å². The highest BCUT2D eigenvalue weighted by molar-refractivity contribution is 7.91. The minimum Gasteiger partial charge on any atom is -0.465 e. The van der Waals surface area contributed by atoms with Gasteiger partial charge < -0.3 is 4.74 Å². The molecule has 0 saturated heterocycles. The third kappa shape index (κ3) is 2.38. The monoisotopic (exact) mass is 345 g/mol. The fraction of sp³-hybridized carbons (Fsp3) is 0.278. The second-order valence-corrected chi connectivity index (χ2v) is 8.48. The van der Waals surface area contributed by atoms with Crippen molar-refractivity contribution in [3.05, 3.63) is 59.8 Å². The van der Waals surface area contributed by atoms with E-state index in [9.17, 15) is 13.2 Å². The molecule has 1 aromatic carbocycles. The predicted octanol–water partition coefficient (Wildman–Crippen LogP) is 3.27. The van der Waals surface area contributed by atoms with E-state index in [1.165, 1.54) is 17.3 Å². The van der Waals surface area contributed by atoms with Crippen LogP contribution in [0.15, 0.2) is 54.3 Å². The van der Waals surface area contributed by atoms with Crippen molar-refractivity contribution < 1.29 is 17.9 Å². The summed E-state index contributed by atoms with van der Waals surface area (Å²) in [6.07, 6.45) is 7.34. The Kier molecular flexibility index (Phi) is 3.87. The number of rotatable bonds is 3. The fourth-order valence-corrected chi connectivity index (χ4v) is 4.88. The van der Waals surface area contributed by atoms with Crippen LogP contribution in [0.5, 0.6) is 0 Å². The number of methoxy groups -OCH3 is 1. The summed E-state index contributed by atoms with van der Waals surface area (Å²) in [4.78, 5) is 11.9. The van der Waals surface area contributed by atoms with Crippen molar-refractivity contribution in [3.63, 3.8) is 0 Å². The van der Waals surface area contributed by atoms with Gasteiger partial charge in [-0.3, -0.25) is 0 Å². The maximum atomic E-state index is 13.2. The van der Waals surface area contributed by atoms with Crippen LogP contribution < -0.4 is 0 Å². The topological polar surface area (TPSA) is 65.4 Å². The maximum absolute atomic E-state index is 13.2. The molecule has 0 saturated carbocycles. The number of aromatic nitrogens is 1. The first-order valence-electron chi connectivity index (χ1n) is 7.59. The number of nitrogens with zero attached hydrogens (tertiary/aromatic N) is 1. The normalized spacial score (nSPS) is 20.9. The zero-order chi connectivity index (χ0) is 17.5. The fourth-order valence-electron chi connectivity index (χ4n) is 3.13. The van der Waals surface area contributed by atoms with Crippen LogP contribution in [0.25, 0.3) is 10.9 Å². The molecule has 24 heavy (non-hydrogen) atoms. The minimum absolute atomic E-state index is 0.351. The summed E-state index contributed by atoms with van der Waals surface area (Å²) < 4.78 is 31.5. The number of fused-ring (bicyclic) bond motifs is 1. The van der Waals surface area contributed by atoms with Crippen molar-refractivity contribution in [2.75, 3.05) is 7.11 Å². The summed E-state index contributed by atoms with van der Waals surface area (Å²) in [5.74, 6) is -0.488. The molecule has 1 aliphatic rings. The molecular weight excluding hydrogens is 326 g/mol. The van der Waals surface area contributed by atoms with Gasteiger partial charge in [0, 0.05) is 11.6 Å². The lowest BCUT2D eigenvalue weighted by Crippen LogP contribution is -2.38. The summed E-state index contributed by atoms with van der Waals surface area (Å²) in [5.41, 5.74) is 1.83. The van der Waals surface area contributed by atoms with Crippen LogP contribution in [0.1, 0.15) is 30.6 Å². The number of esters is 1. The average molecular weight is 345 g/mol. The van der Waals surface area contributed by atoms with Crippen molar-refractivity contribution in [2.45, 2.75) is 25.0 Å². The van der Waals surface area contributed by atoms with Gasteiger partial charge in [0.2, 0.25) is 10.0 Å². The highest BCUT2D eigenvalue weighted by Gasteiger charge is 2.40. The van der Waals surface area contributed by atoms with Crippen LogP contribution in [0, 0.1) is 0 Å². The Morgan fingerprint density at radius 3 is 2.71 bits per heavy atom. The molecule has 2 aromatic rings. The van der Waals surface area contributed by atoms with Crippen LogP contribution in [0.4, 0.5) is 0 Å². The van der Waals surface area contributed by atoms with Gasteiger partial charge in [0.25, 0.3) is 0 Å². The number of hydrogen-bond donors (Lipinski definition) is 0. The Morgan fingerprint density at radius 1 is 1.29 bits per heavy atom. The molecule has 1 unspecified atom stereocenters. The van der Waals surface area contributed by atoms with Crippen molar-refractivity contribution in [1.29, 1.82) is 0 Å². The van der Waals surface area contributed by atoms with Gasteiger partial charge in [0.05, 0.1) is 18.2 Å². The lowest BCUT2D eigenvalue weighted by atomic mass is 9.96. The molecule has 5 nitrogen and oxygen atoms in total. The summed E-state index contributed by atoms with van der Waals surface area (Å²) in [7, 11) is -2.39. The van der Waals surface area contributed by atoms with Crippen LogP contribution in [0.2, 0.25) is 0 Å². The first kappa shape index (κ1) is 16.5. The molecule has 1 aromatic heterocycles. The zero-order valence-corrected chi connectivity index (χ0v) is 14.6. The van der Waals surface area contributed by atoms with E-state index in [-0.39, 0.29) is 0 Å². The van der Waals surface area contributed by atoms with Gasteiger partial charge in [-0.1, -0.05) is 29.9 Å². The summed E-state index contributed by atoms with van der Waals surface area (Å²) >= 11 is 0. The lowest BCUT2D eigenvalue weighted by Gasteiger charge is -2.29. The number of carbonyl (C=O) groups is 1. The highest BCUT2D eigenvalue weighted by atomic mass is 32.2. The summed E-state index contributed by atoms with van der Waals surface area (Å²) in [6.45, 7) is 3.63. The van der Waals surface area contributed by atoms with Crippen LogP contribution in [0.3, 0.4) is 0 Å². The van der Waals surface area contributed by atoms with Gasteiger partial charge in [-0.2, -0.15) is 0 Å². The SMILES string of the molecule is COC(=O)c1cccc2c1ccn2S(=O)(=O)C1(C)C=CC=C(C)C1.